The van der Waals surface area contributed by atoms with Gasteiger partial charge in [-0.15, -0.1) is 9.11 Å². The molecule has 0 rings (SSSR count). The molecular weight excluding hydrogens is 144 g/mol. The summed E-state index contributed by atoms with van der Waals surface area (Å²) in [5.41, 5.74) is 0. The lowest BCUT2D eigenvalue weighted by atomic mass is 15.9. The molecule has 44 valence electrons. The van der Waals surface area contributed by atoms with Crippen molar-refractivity contribution < 1.29 is 22.1 Å². The fourth-order valence-corrected chi connectivity index (χ4v) is 0. The molecule has 0 amide bonds. The van der Waals surface area contributed by atoms with Crippen LogP contribution >= 0.6 is 0 Å². The van der Waals surface area contributed by atoms with Crippen LogP contribution in [0.1, 0.15) is 0 Å². The second-order valence-corrected chi connectivity index (χ2v) is 4.04. The molecule has 0 heterocycles. The molecule has 0 aliphatic rings. The summed E-state index contributed by atoms with van der Waals surface area (Å²) in [6.07, 6.45) is 0. The minimum atomic E-state index is -4.85. The second-order valence-electron chi connectivity index (χ2n) is 0.639. The first-order valence-electron chi connectivity index (χ1n) is 1.03. The molecule has 2 N–H and O–H groups in total. The number of rotatable bonds is 1. The molecule has 0 atom stereocenters. The minimum Gasteiger partial charge on any atom is -0.702 e. The smallest absolute Gasteiger partial charge is 0.431 e. The highest BCUT2D eigenvalue weighted by atomic mass is 33.2. The Kier molecular flexibility index (Phi) is 2.02. The Morgan fingerprint density at radius 3 is 1.57 bits per heavy atom. The van der Waals surface area contributed by atoms with E-state index in [0.29, 0.717) is 0 Å². The van der Waals surface area contributed by atoms with Gasteiger partial charge in [-0.2, -0.15) is 8.42 Å². The molecule has 0 bridgehead atoms. The van der Waals surface area contributed by atoms with E-state index >= 15 is 0 Å². The molecule has 0 aromatic rings. The van der Waals surface area contributed by atoms with Crippen molar-refractivity contribution in [3.63, 3.8) is 0 Å². The predicted octanol–water partition coefficient (Wildman–Crippen LogP) is -0.989. The van der Waals surface area contributed by atoms with Crippen LogP contribution in [-0.2, 0) is 19.6 Å². The third kappa shape index (κ3) is 2.83. The third-order valence-corrected chi connectivity index (χ3v) is 1.64. The van der Waals surface area contributed by atoms with Gasteiger partial charge in [0.05, 0.1) is 0 Å². The van der Waals surface area contributed by atoms with E-state index in [1.807, 2.05) is 0 Å². The Morgan fingerprint density at radius 2 is 1.57 bits per heavy atom. The van der Waals surface area contributed by atoms with Crippen molar-refractivity contribution in [3.05, 3.63) is 0 Å². The summed E-state index contributed by atoms with van der Waals surface area (Å²) in [6.45, 7) is 0. The molecule has 0 radical (unpaired) electrons. The minimum absolute atomic E-state index is 3.02. The molecule has 0 fully saturated rings. The summed E-state index contributed by atoms with van der Waals surface area (Å²) in [4.78, 5) is 0. The SMILES string of the molecule is O=S(=O)([O-])[S+](O)O. The van der Waals surface area contributed by atoms with Gasteiger partial charge in [-0.1, -0.05) is 0 Å². The van der Waals surface area contributed by atoms with Crippen LogP contribution in [0.3, 0.4) is 0 Å². The Balaban J connectivity index is 4.10. The van der Waals surface area contributed by atoms with E-state index in [9.17, 15) is 13.0 Å². The quantitative estimate of drug-likeness (QED) is 0.281. The molecule has 0 saturated carbocycles. The molecular formula is H2O5S2. The van der Waals surface area contributed by atoms with Crippen LogP contribution in [0, 0.1) is 0 Å². The lowest BCUT2D eigenvalue weighted by Crippen LogP contribution is -2.11. The fourth-order valence-electron chi connectivity index (χ4n) is 0. The molecule has 0 aromatic carbocycles. The van der Waals surface area contributed by atoms with Crippen molar-refractivity contribution in [1.82, 2.24) is 0 Å². The molecule has 5 nitrogen and oxygen atoms in total. The van der Waals surface area contributed by atoms with Gasteiger partial charge in [-0.25, -0.2) is 0 Å². The molecule has 0 aliphatic heterocycles. The van der Waals surface area contributed by atoms with Crippen molar-refractivity contribution in [2.75, 3.05) is 0 Å². The van der Waals surface area contributed by atoms with Gasteiger partial charge in [0.25, 0.3) is 0 Å². The molecule has 0 aromatic heterocycles. The molecule has 0 saturated heterocycles. The molecule has 0 aliphatic carbocycles. The maximum absolute atomic E-state index is 9.29. The van der Waals surface area contributed by atoms with Gasteiger partial charge < -0.3 is 4.55 Å². The Labute approximate surface area is 42.5 Å². The average molecular weight is 146 g/mol. The molecule has 7 heteroatoms. The van der Waals surface area contributed by atoms with Crippen LogP contribution in [-0.4, -0.2) is 22.1 Å². The zero-order valence-electron chi connectivity index (χ0n) is 2.94. The Morgan fingerprint density at radius 1 is 1.43 bits per heavy atom. The highest BCUT2D eigenvalue weighted by molar-refractivity contribution is 8.62. The first-order valence-corrected chi connectivity index (χ1v) is 4.10. The van der Waals surface area contributed by atoms with E-state index in [2.05, 4.69) is 0 Å². The van der Waals surface area contributed by atoms with Gasteiger partial charge in [0.1, 0.15) is 0 Å². The molecule has 7 heavy (non-hydrogen) atoms. The Bertz CT molecular complexity index is 128. The van der Waals surface area contributed by atoms with E-state index in [-0.39, 0.29) is 0 Å². The first-order chi connectivity index (χ1) is 2.94. The largest absolute Gasteiger partial charge is 0.702 e. The zero-order valence-corrected chi connectivity index (χ0v) is 4.57. The summed E-state index contributed by atoms with van der Waals surface area (Å²) < 4.78 is 43.0. The van der Waals surface area contributed by atoms with Crippen LogP contribution in [0.25, 0.3) is 0 Å². The van der Waals surface area contributed by atoms with Crippen molar-refractivity contribution >= 4 is 19.6 Å². The van der Waals surface area contributed by atoms with E-state index in [0.717, 1.165) is 0 Å². The highest BCUT2D eigenvalue weighted by Crippen LogP contribution is 1.90. The van der Waals surface area contributed by atoms with E-state index in [4.69, 9.17) is 9.11 Å². The van der Waals surface area contributed by atoms with Gasteiger partial charge >= 0.3 is 19.6 Å². The summed E-state index contributed by atoms with van der Waals surface area (Å²) in [5.74, 6) is 0. The first kappa shape index (κ1) is 7.18. The maximum atomic E-state index is 9.29. The van der Waals surface area contributed by atoms with Crippen molar-refractivity contribution in [3.8, 4) is 0 Å². The third-order valence-electron chi connectivity index (χ3n) is 0.183. The molecule has 0 unspecified atom stereocenters. The lowest BCUT2D eigenvalue weighted by Gasteiger charge is -1.90. The maximum Gasteiger partial charge on any atom is 0.431 e. The lowest BCUT2D eigenvalue weighted by molar-refractivity contribution is 0.456. The molecule has 0 spiro atoms. The van der Waals surface area contributed by atoms with E-state index < -0.39 is 19.6 Å². The van der Waals surface area contributed by atoms with Gasteiger partial charge in [0.15, 0.2) is 0 Å². The summed E-state index contributed by atoms with van der Waals surface area (Å²) in [5, 5.41) is 0. The fraction of sp³-hybridized carbons (Fsp3) is 0. The van der Waals surface area contributed by atoms with Gasteiger partial charge in [0, 0.05) is 0 Å². The van der Waals surface area contributed by atoms with E-state index in [1.54, 1.807) is 0 Å². The van der Waals surface area contributed by atoms with Crippen LogP contribution < -0.4 is 0 Å². The zero-order chi connectivity index (χ0) is 6.08. The average Bonchev–Trinajstić information content (AvgIpc) is 1.31. The van der Waals surface area contributed by atoms with Gasteiger partial charge in [-0.05, 0) is 0 Å². The number of hydrogen-bond donors (Lipinski definition) is 2. The summed E-state index contributed by atoms with van der Waals surface area (Å²) >= 11 is 0. The Hall–Kier alpha value is 0.180. The van der Waals surface area contributed by atoms with Crippen molar-refractivity contribution in [2.45, 2.75) is 0 Å². The van der Waals surface area contributed by atoms with E-state index in [1.165, 1.54) is 0 Å². The van der Waals surface area contributed by atoms with Crippen LogP contribution in [0.2, 0.25) is 0 Å². The van der Waals surface area contributed by atoms with Crippen LogP contribution in [0.4, 0.5) is 0 Å². The normalized spacial score (nSPS) is 12.6. The topological polar surface area (TPSA) is 97.7 Å². The standard InChI is InChI=1S/H2O5S2/c1-6(2)7(3,4)5/h1-2H. The monoisotopic (exact) mass is 146 g/mol. The van der Waals surface area contributed by atoms with Crippen molar-refractivity contribution in [1.29, 1.82) is 0 Å². The van der Waals surface area contributed by atoms with Crippen LogP contribution in [0.5, 0.6) is 0 Å². The van der Waals surface area contributed by atoms with Crippen LogP contribution in [0.15, 0.2) is 0 Å². The highest BCUT2D eigenvalue weighted by Gasteiger charge is 2.20. The second kappa shape index (κ2) is 1.97. The van der Waals surface area contributed by atoms with Gasteiger partial charge in [0.2, 0.25) is 0 Å². The van der Waals surface area contributed by atoms with Crippen molar-refractivity contribution in [2.24, 2.45) is 0 Å². The predicted molar refractivity (Wildman–Crippen MR) is 22.3 cm³/mol. The summed E-state index contributed by atoms with van der Waals surface area (Å²) in [6, 6.07) is 0. The summed E-state index contributed by atoms with van der Waals surface area (Å²) in [7, 11) is -7.87. The van der Waals surface area contributed by atoms with Gasteiger partial charge in [-0.3, -0.25) is 0 Å². The number of hydrogen-bond acceptors (Lipinski definition) is 5.